The maximum atomic E-state index is 2.61. The number of hydrogen-bond donors (Lipinski definition) is 0. The Morgan fingerprint density at radius 3 is 0.544 bits per heavy atom. The van der Waals surface area contributed by atoms with Crippen LogP contribution in [-0.4, -0.2) is 0 Å². The molecule has 0 saturated carbocycles. The van der Waals surface area contributed by atoms with E-state index in [1.165, 1.54) is 168 Å². The lowest BCUT2D eigenvalue weighted by molar-refractivity contribution is 0.591. The zero-order valence-corrected chi connectivity index (χ0v) is 42.8. The first-order chi connectivity index (χ1) is 31.9. The SMILES string of the molecule is CC(C)(C)c1cc2c3cc(-c4ccccc4)cc4c5cc(C(C)(C)C)cc6c7cc(C(C)(C)C)cc8c9cc(C(C)(C)C)cc%10c%11cc(C(C)(C)C)cc%12c(c1)c2c1c(c34)c(c56)c(c78)c(c%109)c1c%12%11. The van der Waals surface area contributed by atoms with Crippen molar-refractivity contribution in [1.29, 1.82) is 0 Å². The van der Waals surface area contributed by atoms with Crippen LogP contribution in [-0.2, 0) is 27.1 Å². The van der Waals surface area contributed by atoms with Gasteiger partial charge in [-0.2, -0.15) is 0 Å². The molecule has 14 aromatic rings. The van der Waals surface area contributed by atoms with Crippen molar-refractivity contribution in [3.05, 3.63) is 131 Å². The van der Waals surface area contributed by atoms with Crippen LogP contribution in [0.1, 0.15) is 132 Å². The van der Waals surface area contributed by atoms with Gasteiger partial charge in [0.05, 0.1) is 0 Å². The van der Waals surface area contributed by atoms with Crippen LogP contribution in [0, 0.1) is 0 Å². The summed E-state index contributed by atoms with van der Waals surface area (Å²) in [6.45, 7) is 36.1. The van der Waals surface area contributed by atoms with Crippen molar-refractivity contribution in [2.24, 2.45) is 0 Å². The van der Waals surface area contributed by atoms with Crippen LogP contribution in [0.4, 0.5) is 0 Å². The van der Waals surface area contributed by atoms with E-state index in [1.807, 2.05) is 0 Å². The topological polar surface area (TPSA) is 0 Å². The third kappa shape index (κ3) is 4.97. The third-order valence-electron chi connectivity index (χ3n) is 17.0. The molecule has 0 amide bonds. The zero-order chi connectivity index (χ0) is 47.4. The molecule has 0 aliphatic rings. The van der Waals surface area contributed by atoms with E-state index in [4.69, 9.17) is 0 Å². The summed E-state index contributed by atoms with van der Waals surface area (Å²) >= 11 is 0. The molecule has 0 fully saturated rings. The van der Waals surface area contributed by atoms with Gasteiger partial charge in [0, 0.05) is 0 Å². The van der Waals surface area contributed by atoms with E-state index in [0.717, 1.165) is 0 Å². The molecule has 0 aliphatic heterocycles. The summed E-state index contributed by atoms with van der Waals surface area (Å²) in [5.74, 6) is 0. The normalized spacial score (nSPS) is 14.4. The molecule has 0 radical (unpaired) electrons. The van der Waals surface area contributed by atoms with Gasteiger partial charge in [-0.1, -0.05) is 134 Å². The summed E-state index contributed by atoms with van der Waals surface area (Å²) in [4.78, 5) is 0. The predicted octanol–water partition coefficient (Wildman–Crippen LogP) is 20.3. The molecule has 0 aromatic heterocycles. The maximum Gasteiger partial charge on any atom is -0.0000469 e. The van der Waals surface area contributed by atoms with Gasteiger partial charge in [0.1, 0.15) is 0 Å². The van der Waals surface area contributed by atoms with Gasteiger partial charge in [0.15, 0.2) is 0 Å². The molecule has 0 heteroatoms. The Hall–Kier alpha value is -6.24. The number of benzene rings is 14. The Balaban J connectivity index is 1.43. The van der Waals surface area contributed by atoms with E-state index >= 15 is 0 Å². The average molecular weight is 879 g/mol. The van der Waals surface area contributed by atoms with Crippen LogP contribution in [0.25, 0.3) is 140 Å². The molecular formula is C68H62. The van der Waals surface area contributed by atoms with Gasteiger partial charge in [-0.3, -0.25) is 0 Å². The van der Waals surface area contributed by atoms with Crippen LogP contribution < -0.4 is 0 Å². The molecule has 0 nitrogen and oxygen atoms in total. The smallest absolute Gasteiger partial charge is 0.0000469 e. The van der Waals surface area contributed by atoms with E-state index in [9.17, 15) is 0 Å². The average Bonchev–Trinajstić information content (AvgIpc) is 3.27. The highest BCUT2D eigenvalue weighted by Gasteiger charge is 2.35. The highest BCUT2D eigenvalue weighted by Crippen LogP contribution is 2.62. The van der Waals surface area contributed by atoms with Crippen molar-refractivity contribution >= 4 is 129 Å². The molecule has 0 unspecified atom stereocenters. The minimum atomic E-state index is -0.0645. The first kappa shape index (κ1) is 40.8. The van der Waals surface area contributed by atoms with Crippen LogP contribution in [0.3, 0.4) is 0 Å². The Bertz CT molecular complexity index is 4190. The fourth-order valence-corrected chi connectivity index (χ4v) is 13.2. The Kier molecular flexibility index (Phi) is 7.28. The molecule has 0 N–H and O–H groups in total. The fourth-order valence-electron chi connectivity index (χ4n) is 13.2. The lowest BCUT2D eigenvalue weighted by atomic mass is 9.70. The van der Waals surface area contributed by atoms with E-state index < -0.39 is 0 Å². The number of hydrogen-bond acceptors (Lipinski definition) is 0. The second kappa shape index (κ2) is 12.1. The lowest BCUT2D eigenvalue weighted by Crippen LogP contribution is -2.14. The Labute approximate surface area is 400 Å². The summed E-state index contributed by atoms with van der Waals surface area (Å²) in [5.41, 5.74) is 9.22. The van der Waals surface area contributed by atoms with E-state index in [1.54, 1.807) is 0 Å². The summed E-state index contributed by atoms with van der Waals surface area (Å²) < 4.78 is 0. The largest absolute Gasteiger partial charge is 0.0622 e. The Morgan fingerprint density at radius 1 is 0.191 bits per heavy atom. The fraction of sp³-hybridized carbons (Fsp3) is 0.294. The zero-order valence-electron chi connectivity index (χ0n) is 42.8. The van der Waals surface area contributed by atoms with E-state index in [2.05, 4.69) is 207 Å². The van der Waals surface area contributed by atoms with Gasteiger partial charge >= 0.3 is 0 Å². The van der Waals surface area contributed by atoms with Crippen molar-refractivity contribution in [2.45, 2.75) is 131 Å². The lowest BCUT2D eigenvalue weighted by Gasteiger charge is -2.33. The van der Waals surface area contributed by atoms with E-state index in [-0.39, 0.29) is 27.1 Å². The van der Waals surface area contributed by atoms with Gasteiger partial charge in [0.2, 0.25) is 0 Å². The number of fused-ring (bicyclic) bond motifs is 6. The Morgan fingerprint density at radius 2 is 0.368 bits per heavy atom. The summed E-state index contributed by atoms with van der Waals surface area (Å²) in [7, 11) is 0. The van der Waals surface area contributed by atoms with Crippen molar-refractivity contribution < 1.29 is 0 Å². The van der Waals surface area contributed by atoms with Crippen LogP contribution >= 0.6 is 0 Å². The van der Waals surface area contributed by atoms with Gasteiger partial charge in [-0.15, -0.1) is 0 Å². The van der Waals surface area contributed by atoms with Gasteiger partial charge in [-0.05, 0) is 268 Å². The molecule has 0 heterocycles. The van der Waals surface area contributed by atoms with Crippen LogP contribution in [0.2, 0.25) is 0 Å². The number of rotatable bonds is 1. The van der Waals surface area contributed by atoms with Crippen LogP contribution in [0.15, 0.2) is 103 Å². The molecule has 0 bridgehead atoms. The second-order valence-corrected chi connectivity index (χ2v) is 26.5. The summed E-state index contributed by atoms with van der Waals surface area (Å²) in [5, 5.41) is 34.2. The first-order valence-corrected chi connectivity index (χ1v) is 25.3. The molecule has 14 aromatic carbocycles. The third-order valence-corrected chi connectivity index (χ3v) is 17.0. The molecule has 0 spiro atoms. The molecule has 14 rings (SSSR count). The molecular weight excluding hydrogens is 817 g/mol. The highest BCUT2D eigenvalue weighted by atomic mass is 14.4. The van der Waals surface area contributed by atoms with Crippen LogP contribution in [0.5, 0.6) is 0 Å². The monoisotopic (exact) mass is 878 g/mol. The molecule has 0 saturated heterocycles. The van der Waals surface area contributed by atoms with Crippen molar-refractivity contribution in [1.82, 2.24) is 0 Å². The first-order valence-electron chi connectivity index (χ1n) is 25.3. The quantitative estimate of drug-likeness (QED) is 0.114. The van der Waals surface area contributed by atoms with Gasteiger partial charge in [-0.25, -0.2) is 0 Å². The van der Waals surface area contributed by atoms with Crippen molar-refractivity contribution in [3.8, 4) is 11.1 Å². The minimum absolute atomic E-state index is 0.0533. The second-order valence-electron chi connectivity index (χ2n) is 26.5. The molecule has 68 heavy (non-hydrogen) atoms. The molecule has 0 aliphatic carbocycles. The standard InChI is InChI=1S/C68H62/c1-64(2,3)35-23-42-40-21-34(33-19-17-16-18-20-33)22-41-43-24-36(65(4,5)6)26-45-47-28-38(67(10,11)12)30-49-51-32-39(68(13,14)15)31-50-48-29-37(66(7,8)9)27-46-44(25-35)53(42)59-58(52(40)41)60(54(43)45)62(56(47)49)63(57(50)51)61(59)55(46)48/h16-32H,1-15H3. The van der Waals surface area contributed by atoms with Crippen molar-refractivity contribution in [2.75, 3.05) is 0 Å². The predicted molar refractivity (Wildman–Crippen MR) is 303 cm³/mol. The van der Waals surface area contributed by atoms with E-state index in [0.29, 0.717) is 0 Å². The summed E-state index contributed by atoms with van der Waals surface area (Å²) in [6, 6.07) is 42.4. The minimum Gasteiger partial charge on any atom is -0.0622 e. The van der Waals surface area contributed by atoms with Gasteiger partial charge in [0.25, 0.3) is 0 Å². The highest BCUT2D eigenvalue weighted by molar-refractivity contribution is 6.61. The maximum absolute atomic E-state index is 2.61. The van der Waals surface area contributed by atoms with Gasteiger partial charge < -0.3 is 0 Å². The molecule has 334 valence electrons. The molecule has 0 atom stereocenters. The van der Waals surface area contributed by atoms with Crippen molar-refractivity contribution in [3.63, 3.8) is 0 Å². The summed E-state index contributed by atoms with van der Waals surface area (Å²) in [6.07, 6.45) is 0.